The summed E-state index contributed by atoms with van der Waals surface area (Å²) in [5.41, 5.74) is 4.44. The lowest BCUT2D eigenvalue weighted by Crippen LogP contribution is -2.29. The van der Waals surface area contributed by atoms with Gasteiger partial charge in [0, 0.05) is 22.9 Å². The van der Waals surface area contributed by atoms with Gasteiger partial charge in [0.1, 0.15) is 6.54 Å². The van der Waals surface area contributed by atoms with Crippen LogP contribution in [-0.4, -0.2) is 21.5 Å². The van der Waals surface area contributed by atoms with Crippen LogP contribution in [0.15, 0.2) is 59.4 Å². The second kappa shape index (κ2) is 8.00. The number of ketones is 1. The normalized spacial score (nSPS) is 10.5. The van der Waals surface area contributed by atoms with Crippen LogP contribution in [-0.2, 0) is 11.3 Å². The van der Waals surface area contributed by atoms with Crippen LogP contribution in [0.1, 0.15) is 28.4 Å². The van der Waals surface area contributed by atoms with Gasteiger partial charge in [-0.1, -0.05) is 24.3 Å². The van der Waals surface area contributed by atoms with Crippen LogP contribution >= 0.6 is 0 Å². The van der Waals surface area contributed by atoms with E-state index in [9.17, 15) is 14.4 Å². The predicted molar refractivity (Wildman–Crippen MR) is 108 cm³/mol. The molecule has 2 aromatic carbocycles. The van der Waals surface area contributed by atoms with Gasteiger partial charge in [-0.25, -0.2) is 4.68 Å². The third-order valence-electron chi connectivity index (χ3n) is 4.52. The molecule has 1 amide bonds. The van der Waals surface area contributed by atoms with Crippen molar-refractivity contribution in [3.05, 3.63) is 81.6 Å². The van der Waals surface area contributed by atoms with E-state index in [-0.39, 0.29) is 17.9 Å². The van der Waals surface area contributed by atoms with Gasteiger partial charge in [0.25, 0.3) is 5.56 Å². The Hall–Kier alpha value is -3.54. The number of aryl methyl sites for hydroxylation is 2. The van der Waals surface area contributed by atoms with Crippen LogP contribution in [0.25, 0.3) is 11.3 Å². The molecule has 6 nitrogen and oxygen atoms in total. The molecule has 0 bridgehead atoms. The van der Waals surface area contributed by atoms with E-state index in [0.29, 0.717) is 16.9 Å². The number of benzene rings is 2. The minimum absolute atomic E-state index is 0.0879. The number of Topliss-reactive ketones (excluding diaryl/α,β-unsaturated/α-hetero) is 1. The van der Waals surface area contributed by atoms with Gasteiger partial charge in [-0.05, 0) is 56.2 Å². The van der Waals surface area contributed by atoms with Crippen LogP contribution in [0.3, 0.4) is 0 Å². The summed E-state index contributed by atoms with van der Waals surface area (Å²) in [5, 5.41) is 7.03. The molecule has 0 aliphatic carbocycles. The van der Waals surface area contributed by atoms with Gasteiger partial charge in [0.2, 0.25) is 5.91 Å². The Kier molecular flexibility index (Phi) is 5.49. The van der Waals surface area contributed by atoms with Crippen LogP contribution in [0, 0.1) is 13.8 Å². The van der Waals surface area contributed by atoms with Gasteiger partial charge in [-0.2, -0.15) is 5.10 Å². The summed E-state index contributed by atoms with van der Waals surface area (Å²) in [6.07, 6.45) is 0. The van der Waals surface area contributed by atoms with Crippen LogP contribution in [0.4, 0.5) is 5.69 Å². The zero-order valence-electron chi connectivity index (χ0n) is 16.0. The number of hydrogen-bond acceptors (Lipinski definition) is 4. The van der Waals surface area contributed by atoms with Crippen molar-refractivity contribution in [1.82, 2.24) is 9.78 Å². The molecule has 0 unspecified atom stereocenters. The molecule has 1 heterocycles. The molecular formula is C22H21N3O3. The number of nitrogens with zero attached hydrogens (tertiary/aromatic N) is 2. The number of hydrogen-bond donors (Lipinski definition) is 1. The molecule has 0 aliphatic rings. The monoisotopic (exact) mass is 375 g/mol. The molecule has 142 valence electrons. The topological polar surface area (TPSA) is 81.1 Å². The first-order valence-electron chi connectivity index (χ1n) is 8.90. The minimum atomic E-state index is -0.396. The Balaban J connectivity index is 1.81. The number of anilines is 1. The molecule has 0 saturated carbocycles. The van der Waals surface area contributed by atoms with Crippen molar-refractivity contribution in [2.45, 2.75) is 27.3 Å². The Morgan fingerprint density at radius 3 is 2.50 bits per heavy atom. The summed E-state index contributed by atoms with van der Waals surface area (Å²) in [6.45, 7) is 5.28. The fourth-order valence-corrected chi connectivity index (χ4v) is 2.77. The van der Waals surface area contributed by atoms with Gasteiger partial charge in [0.05, 0.1) is 5.69 Å². The van der Waals surface area contributed by atoms with E-state index >= 15 is 0 Å². The minimum Gasteiger partial charge on any atom is -0.324 e. The highest BCUT2D eigenvalue weighted by Gasteiger charge is 2.10. The quantitative estimate of drug-likeness (QED) is 0.693. The molecule has 0 radical (unpaired) electrons. The SMILES string of the molecule is CC(=O)c1cccc(NC(=O)Cn2nc(-c3ccc(C)c(C)c3)ccc2=O)c1. The number of amides is 1. The molecule has 1 aromatic heterocycles. The molecule has 3 aromatic rings. The molecular weight excluding hydrogens is 354 g/mol. The lowest BCUT2D eigenvalue weighted by atomic mass is 10.0. The van der Waals surface area contributed by atoms with Crippen LogP contribution in [0.2, 0.25) is 0 Å². The molecule has 3 rings (SSSR count). The van der Waals surface area contributed by atoms with Crippen molar-refractivity contribution >= 4 is 17.4 Å². The zero-order chi connectivity index (χ0) is 20.3. The number of rotatable bonds is 5. The molecule has 1 N–H and O–H groups in total. The maximum Gasteiger partial charge on any atom is 0.267 e. The van der Waals surface area contributed by atoms with Gasteiger partial charge in [-0.15, -0.1) is 0 Å². The van der Waals surface area contributed by atoms with E-state index in [2.05, 4.69) is 10.4 Å². The second-order valence-corrected chi connectivity index (χ2v) is 6.70. The Labute approximate surface area is 162 Å². The van der Waals surface area contributed by atoms with E-state index < -0.39 is 5.91 Å². The second-order valence-electron chi connectivity index (χ2n) is 6.70. The van der Waals surface area contributed by atoms with Crippen molar-refractivity contribution in [3.8, 4) is 11.3 Å². The number of nitrogens with one attached hydrogen (secondary N) is 1. The molecule has 0 aliphatic heterocycles. The molecule has 0 spiro atoms. The lowest BCUT2D eigenvalue weighted by molar-refractivity contribution is -0.117. The lowest BCUT2D eigenvalue weighted by Gasteiger charge is -2.10. The standard InChI is InChI=1S/C22H21N3O3/c1-14-7-8-18(11-15(14)2)20-9-10-22(28)25(24-20)13-21(27)23-19-6-4-5-17(12-19)16(3)26/h4-12H,13H2,1-3H3,(H,23,27). The van der Waals surface area contributed by atoms with Crippen molar-refractivity contribution in [1.29, 1.82) is 0 Å². The first kappa shape index (κ1) is 19.2. The van der Waals surface area contributed by atoms with Gasteiger partial charge >= 0.3 is 0 Å². The van der Waals surface area contributed by atoms with Crippen molar-refractivity contribution in [2.24, 2.45) is 0 Å². The first-order valence-corrected chi connectivity index (χ1v) is 8.90. The average Bonchev–Trinajstić information content (AvgIpc) is 2.66. The Morgan fingerprint density at radius 1 is 1.00 bits per heavy atom. The smallest absolute Gasteiger partial charge is 0.267 e. The zero-order valence-corrected chi connectivity index (χ0v) is 16.0. The molecule has 0 atom stereocenters. The number of carbonyl (C=O) groups is 2. The maximum absolute atomic E-state index is 12.4. The van der Waals surface area contributed by atoms with E-state index in [4.69, 9.17) is 0 Å². The highest BCUT2D eigenvalue weighted by Crippen LogP contribution is 2.19. The summed E-state index contributed by atoms with van der Waals surface area (Å²) in [6, 6.07) is 15.6. The first-order chi connectivity index (χ1) is 13.3. The maximum atomic E-state index is 12.4. The van der Waals surface area contributed by atoms with Gasteiger partial charge < -0.3 is 5.32 Å². The highest BCUT2D eigenvalue weighted by atomic mass is 16.2. The van der Waals surface area contributed by atoms with Crippen molar-refractivity contribution in [2.75, 3.05) is 5.32 Å². The third kappa shape index (κ3) is 4.40. The predicted octanol–water partition coefficient (Wildman–Crippen LogP) is 3.37. The summed E-state index contributed by atoms with van der Waals surface area (Å²) in [7, 11) is 0. The van der Waals surface area contributed by atoms with E-state index in [1.165, 1.54) is 18.6 Å². The van der Waals surface area contributed by atoms with E-state index in [1.807, 2.05) is 32.0 Å². The van der Waals surface area contributed by atoms with Crippen molar-refractivity contribution < 1.29 is 9.59 Å². The Morgan fingerprint density at radius 2 is 1.79 bits per heavy atom. The molecule has 6 heteroatoms. The third-order valence-corrected chi connectivity index (χ3v) is 4.52. The van der Waals surface area contributed by atoms with E-state index in [0.717, 1.165) is 15.8 Å². The van der Waals surface area contributed by atoms with Crippen LogP contribution in [0.5, 0.6) is 0 Å². The number of carbonyl (C=O) groups excluding carboxylic acids is 2. The number of aromatic nitrogens is 2. The summed E-state index contributed by atoms with van der Waals surface area (Å²) in [4.78, 5) is 36.0. The van der Waals surface area contributed by atoms with Crippen molar-refractivity contribution in [3.63, 3.8) is 0 Å². The van der Waals surface area contributed by atoms with Gasteiger partial charge in [0.15, 0.2) is 5.78 Å². The van der Waals surface area contributed by atoms with Crippen LogP contribution < -0.4 is 10.9 Å². The fourth-order valence-electron chi connectivity index (χ4n) is 2.77. The molecule has 0 saturated heterocycles. The molecule has 28 heavy (non-hydrogen) atoms. The molecule has 0 fully saturated rings. The largest absolute Gasteiger partial charge is 0.324 e. The Bertz CT molecular complexity index is 1120. The summed E-state index contributed by atoms with van der Waals surface area (Å²) in [5.74, 6) is -0.484. The van der Waals surface area contributed by atoms with E-state index in [1.54, 1.807) is 30.3 Å². The fraction of sp³-hybridized carbons (Fsp3) is 0.182. The highest BCUT2D eigenvalue weighted by molar-refractivity contribution is 5.97. The average molecular weight is 375 g/mol. The summed E-state index contributed by atoms with van der Waals surface area (Å²) < 4.78 is 1.13. The summed E-state index contributed by atoms with van der Waals surface area (Å²) >= 11 is 0. The van der Waals surface area contributed by atoms with Gasteiger partial charge in [-0.3, -0.25) is 14.4 Å².